The quantitative estimate of drug-likeness (QED) is 0.762. The zero-order valence-electron chi connectivity index (χ0n) is 10.3. The summed E-state index contributed by atoms with van der Waals surface area (Å²) >= 11 is 0. The van der Waals surface area contributed by atoms with E-state index >= 15 is 0 Å². The average molecular weight is 243 g/mol. The van der Waals surface area contributed by atoms with Crippen LogP contribution in [0.25, 0.3) is 0 Å². The Balaban J connectivity index is 1.84. The van der Waals surface area contributed by atoms with Gasteiger partial charge >= 0.3 is 0 Å². The van der Waals surface area contributed by atoms with Crippen molar-refractivity contribution in [2.45, 2.75) is 32.1 Å². The molecular weight excluding hydrogens is 226 g/mol. The Hall–Kier alpha value is -1.90. The number of nitrogens with zero attached hydrogens (tertiary/aromatic N) is 1. The summed E-state index contributed by atoms with van der Waals surface area (Å²) in [4.78, 5) is 24.3. The Bertz CT molecular complexity index is 435. The summed E-state index contributed by atoms with van der Waals surface area (Å²) in [5.74, 6) is -0.163. The molecule has 1 aromatic rings. The van der Waals surface area contributed by atoms with E-state index in [1.54, 1.807) is 6.20 Å². The van der Waals surface area contributed by atoms with Crippen LogP contribution in [0.15, 0.2) is 42.6 Å². The summed E-state index contributed by atoms with van der Waals surface area (Å²) in [6, 6.07) is 10.2. The Morgan fingerprint density at radius 2 is 1.72 bits per heavy atom. The monoisotopic (exact) mass is 243 g/mol. The molecule has 0 atom stereocenters. The molecule has 0 bridgehead atoms. The van der Waals surface area contributed by atoms with Crippen LogP contribution >= 0.6 is 0 Å². The predicted molar refractivity (Wildman–Crippen MR) is 69.6 cm³/mol. The van der Waals surface area contributed by atoms with Crippen LogP contribution in [0.1, 0.15) is 31.2 Å². The minimum absolute atomic E-state index is 0.0813. The molecule has 1 aliphatic rings. The molecule has 1 saturated heterocycles. The number of rotatable bonds is 4. The van der Waals surface area contributed by atoms with E-state index in [-0.39, 0.29) is 11.8 Å². The van der Waals surface area contributed by atoms with Crippen molar-refractivity contribution in [3.05, 3.63) is 48.2 Å². The van der Waals surface area contributed by atoms with Gasteiger partial charge in [-0.05, 0) is 24.8 Å². The minimum atomic E-state index is -0.0813. The Morgan fingerprint density at radius 1 is 1.06 bits per heavy atom. The molecule has 3 heteroatoms. The van der Waals surface area contributed by atoms with Gasteiger partial charge in [-0.3, -0.25) is 14.5 Å². The van der Waals surface area contributed by atoms with Crippen molar-refractivity contribution in [2.75, 3.05) is 0 Å². The van der Waals surface area contributed by atoms with Crippen molar-refractivity contribution in [3.63, 3.8) is 0 Å². The van der Waals surface area contributed by atoms with Gasteiger partial charge in [0.1, 0.15) is 0 Å². The highest BCUT2D eigenvalue weighted by Gasteiger charge is 2.23. The second-order valence-corrected chi connectivity index (χ2v) is 4.42. The number of carbonyl (C=O) groups is 2. The molecule has 0 spiro atoms. The summed E-state index contributed by atoms with van der Waals surface area (Å²) in [5.41, 5.74) is 1.26. The van der Waals surface area contributed by atoms with Crippen LogP contribution in [0.5, 0.6) is 0 Å². The molecule has 0 saturated carbocycles. The van der Waals surface area contributed by atoms with Crippen molar-refractivity contribution in [1.82, 2.24) is 4.90 Å². The number of hydrogen-bond donors (Lipinski definition) is 0. The molecule has 2 amide bonds. The van der Waals surface area contributed by atoms with Crippen LogP contribution in [0, 0.1) is 0 Å². The summed E-state index contributed by atoms with van der Waals surface area (Å²) in [7, 11) is 0. The third-order valence-electron chi connectivity index (χ3n) is 3.02. The number of imide groups is 1. The number of aryl methyl sites for hydroxylation is 1. The van der Waals surface area contributed by atoms with Crippen molar-refractivity contribution < 1.29 is 9.59 Å². The van der Waals surface area contributed by atoms with Crippen molar-refractivity contribution in [3.8, 4) is 0 Å². The molecule has 2 rings (SSSR count). The molecule has 0 aliphatic carbocycles. The van der Waals surface area contributed by atoms with Crippen LogP contribution < -0.4 is 0 Å². The lowest BCUT2D eigenvalue weighted by Gasteiger charge is -2.20. The van der Waals surface area contributed by atoms with E-state index in [1.165, 1.54) is 10.5 Å². The number of carbonyl (C=O) groups excluding carboxylic acids is 2. The van der Waals surface area contributed by atoms with Crippen LogP contribution in [0.3, 0.4) is 0 Å². The topological polar surface area (TPSA) is 37.4 Å². The second-order valence-electron chi connectivity index (χ2n) is 4.42. The highest BCUT2D eigenvalue weighted by Crippen LogP contribution is 2.13. The normalized spacial score (nSPS) is 16.6. The zero-order chi connectivity index (χ0) is 12.8. The Labute approximate surface area is 107 Å². The van der Waals surface area contributed by atoms with Crippen molar-refractivity contribution in [1.29, 1.82) is 0 Å². The minimum Gasteiger partial charge on any atom is -0.274 e. The van der Waals surface area contributed by atoms with Gasteiger partial charge in [-0.1, -0.05) is 36.4 Å². The third kappa shape index (κ3) is 3.29. The lowest BCUT2D eigenvalue weighted by Crippen LogP contribution is -2.35. The predicted octanol–water partition coefficient (Wildman–Crippen LogP) is 2.67. The Kier molecular flexibility index (Phi) is 4.29. The first-order valence-electron chi connectivity index (χ1n) is 6.33. The summed E-state index contributed by atoms with van der Waals surface area (Å²) < 4.78 is 0. The van der Waals surface area contributed by atoms with E-state index in [9.17, 15) is 9.59 Å². The smallest absolute Gasteiger partial charge is 0.233 e. The number of piperidine rings is 1. The number of allylic oxidation sites excluding steroid dienone is 1. The summed E-state index contributed by atoms with van der Waals surface area (Å²) in [6.45, 7) is 0. The molecule has 0 N–H and O–H groups in total. The molecule has 0 radical (unpaired) electrons. The average Bonchev–Trinajstić information content (AvgIpc) is 2.38. The molecular formula is C15H17NO2. The van der Waals surface area contributed by atoms with Gasteiger partial charge in [-0.15, -0.1) is 0 Å². The van der Waals surface area contributed by atoms with E-state index in [0.717, 1.165) is 12.8 Å². The maximum absolute atomic E-state index is 11.5. The van der Waals surface area contributed by atoms with Gasteiger partial charge in [-0.2, -0.15) is 0 Å². The molecule has 1 fully saturated rings. The largest absolute Gasteiger partial charge is 0.274 e. The molecule has 1 aliphatic heterocycles. The summed E-state index contributed by atoms with van der Waals surface area (Å²) in [5, 5.41) is 0. The first kappa shape index (κ1) is 12.6. The van der Waals surface area contributed by atoms with Crippen molar-refractivity contribution >= 4 is 11.8 Å². The third-order valence-corrected chi connectivity index (χ3v) is 3.02. The maximum Gasteiger partial charge on any atom is 0.233 e. The second kappa shape index (κ2) is 6.15. The van der Waals surface area contributed by atoms with Gasteiger partial charge in [0.05, 0.1) is 0 Å². The van der Waals surface area contributed by atoms with E-state index in [0.29, 0.717) is 19.3 Å². The van der Waals surface area contributed by atoms with E-state index in [2.05, 4.69) is 12.1 Å². The molecule has 3 nitrogen and oxygen atoms in total. The van der Waals surface area contributed by atoms with E-state index in [1.807, 2.05) is 24.3 Å². The molecule has 94 valence electrons. The maximum atomic E-state index is 11.5. The SMILES string of the molecule is O=C1CCCC(=O)N1C=CCCc1ccccc1. The number of likely N-dealkylation sites (tertiary alicyclic amines) is 1. The molecule has 1 aromatic carbocycles. The highest BCUT2D eigenvalue weighted by molar-refractivity contribution is 5.98. The number of hydrogen-bond acceptors (Lipinski definition) is 2. The molecule has 0 aromatic heterocycles. The van der Waals surface area contributed by atoms with Crippen LogP contribution in [-0.2, 0) is 16.0 Å². The van der Waals surface area contributed by atoms with Crippen LogP contribution in [0.2, 0.25) is 0 Å². The van der Waals surface area contributed by atoms with E-state index in [4.69, 9.17) is 0 Å². The fraction of sp³-hybridized carbons (Fsp3) is 0.333. The highest BCUT2D eigenvalue weighted by atomic mass is 16.2. The van der Waals surface area contributed by atoms with Gasteiger partial charge in [0.25, 0.3) is 0 Å². The fourth-order valence-electron chi connectivity index (χ4n) is 2.01. The molecule has 0 unspecified atom stereocenters. The number of amides is 2. The molecule has 1 heterocycles. The van der Waals surface area contributed by atoms with Crippen LogP contribution in [-0.4, -0.2) is 16.7 Å². The van der Waals surface area contributed by atoms with Gasteiger partial charge < -0.3 is 0 Å². The van der Waals surface area contributed by atoms with Crippen LogP contribution in [0.4, 0.5) is 0 Å². The van der Waals surface area contributed by atoms with Gasteiger partial charge in [0.15, 0.2) is 0 Å². The van der Waals surface area contributed by atoms with Gasteiger partial charge in [-0.25, -0.2) is 0 Å². The van der Waals surface area contributed by atoms with Gasteiger partial charge in [0.2, 0.25) is 11.8 Å². The van der Waals surface area contributed by atoms with Crippen molar-refractivity contribution in [2.24, 2.45) is 0 Å². The lowest BCUT2D eigenvalue weighted by molar-refractivity contribution is -0.144. The first-order chi connectivity index (χ1) is 8.77. The van der Waals surface area contributed by atoms with Gasteiger partial charge in [0, 0.05) is 19.0 Å². The fourth-order valence-corrected chi connectivity index (χ4v) is 2.01. The van der Waals surface area contributed by atoms with E-state index < -0.39 is 0 Å². The lowest BCUT2D eigenvalue weighted by atomic mass is 10.1. The molecule has 18 heavy (non-hydrogen) atoms. The standard InChI is InChI=1S/C15H17NO2/c17-14-10-6-11-15(18)16(14)12-5-4-9-13-7-2-1-3-8-13/h1-3,5,7-8,12H,4,6,9-11H2. The Morgan fingerprint density at radius 3 is 2.39 bits per heavy atom. The first-order valence-corrected chi connectivity index (χ1v) is 6.33. The summed E-state index contributed by atoms with van der Waals surface area (Å²) in [6.07, 6.45) is 6.94. The number of benzene rings is 1. The zero-order valence-corrected chi connectivity index (χ0v) is 10.3.